The Morgan fingerprint density at radius 1 is 0.579 bits per heavy atom. The van der Waals surface area contributed by atoms with Gasteiger partial charge in [0, 0.05) is 12.3 Å². The Morgan fingerprint density at radius 2 is 1.00 bits per heavy atom. The van der Waals surface area contributed by atoms with Gasteiger partial charge in [0.2, 0.25) is 40.7 Å². The fourth-order valence-electron chi connectivity index (χ4n) is 7.21. The van der Waals surface area contributed by atoms with E-state index in [1.54, 1.807) is 0 Å². The summed E-state index contributed by atoms with van der Waals surface area (Å²) in [7, 11) is 0. The first kappa shape index (κ1) is 38.5. The molecule has 0 bridgehead atoms. The number of carbonyl (C=O) groups is 3. The van der Waals surface area contributed by atoms with E-state index in [-0.39, 0.29) is 12.5 Å². The summed E-state index contributed by atoms with van der Waals surface area (Å²) < 4.78 is 81.5. The van der Waals surface area contributed by atoms with Crippen LogP contribution in [0.1, 0.15) is 46.6 Å². The van der Waals surface area contributed by atoms with E-state index in [0.717, 1.165) is 22.3 Å². The van der Waals surface area contributed by atoms with Crippen molar-refractivity contribution in [2.45, 2.75) is 30.3 Å². The van der Waals surface area contributed by atoms with Gasteiger partial charge in [-0.1, -0.05) is 140 Å². The predicted molar refractivity (Wildman–Crippen MR) is 200 cm³/mol. The highest BCUT2D eigenvalue weighted by atomic mass is 19.2. The monoisotopic (exact) mass is 776 g/mol. The van der Waals surface area contributed by atoms with Crippen molar-refractivity contribution < 1.29 is 45.8 Å². The lowest BCUT2D eigenvalue weighted by molar-refractivity contribution is -0.137. The molecule has 0 spiro atoms. The third-order valence-corrected chi connectivity index (χ3v) is 9.90. The molecule has 7 nitrogen and oxygen atoms in total. The molecule has 2 N–H and O–H groups in total. The van der Waals surface area contributed by atoms with Crippen molar-refractivity contribution in [3.05, 3.63) is 196 Å². The van der Waals surface area contributed by atoms with Crippen molar-refractivity contribution in [3.63, 3.8) is 0 Å². The summed E-state index contributed by atoms with van der Waals surface area (Å²) in [5, 5.41) is 5.38. The van der Waals surface area contributed by atoms with Gasteiger partial charge in [-0.05, 0) is 45.4 Å². The van der Waals surface area contributed by atoms with Crippen molar-refractivity contribution in [2.75, 3.05) is 6.61 Å². The van der Waals surface area contributed by atoms with Crippen LogP contribution in [0.5, 0.6) is 5.75 Å². The first-order valence-electron chi connectivity index (χ1n) is 17.9. The van der Waals surface area contributed by atoms with Crippen LogP contribution in [0.2, 0.25) is 0 Å². The number of alkyl carbamates (subject to hydrolysis) is 1. The standard InChI is InChI=1S/C45H33F5N2O5/c46-37-38(47)40(49)42(41(50)39(37)48)57-43(54)35(51-44(55)56-26-34-32-22-12-10-20-30(32)31-21-11-13-23-33(31)34)24-25-36(53)52-45(27-14-4-1-5-15-27,28-16-6-2-7-17-28)29-18-8-3-9-19-29/h1-23,34-35H,24-26H2,(H,51,55)(H,52,53)/t35-/m0/s1. The van der Waals surface area contributed by atoms with Gasteiger partial charge in [0.05, 0.1) is 0 Å². The van der Waals surface area contributed by atoms with Crippen molar-refractivity contribution in [1.82, 2.24) is 10.6 Å². The van der Waals surface area contributed by atoms with E-state index >= 15 is 0 Å². The van der Waals surface area contributed by atoms with E-state index in [0.29, 0.717) is 16.7 Å². The summed E-state index contributed by atoms with van der Waals surface area (Å²) in [4.78, 5) is 40.9. The Labute approximate surface area is 324 Å². The molecule has 0 saturated carbocycles. The van der Waals surface area contributed by atoms with Crippen molar-refractivity contribution in [3.8, 4) is 16.9 Å². The molecular weight excluding hydrogens is 743 g/mol. The number of carbonyl (C=O) groups excluding carboxylic acids is 3. The average molecular weight is 777 g/mol. The number of fused-ring (bicyclic) bond motifs is 3. The van der Waals surface area contributed by atoms with Crippen LogP contribution in [0.25, 0.3) is 11.1 Å². The Kier molecular flexibility index (Phi) is 11.1. The van der Waals surface area contributed by atoms with Gasteiger partial charge < -0.3 is 20.1 Å². The fraction of sp³-hybridized carbons (Fsp3) is 0.133. The minimum Gasteiger partial charge on any atom is -0.449 e. The van der Waals surface area contributed by atoms with E-state index in [2.05, 4.69) is 10.6 Å². The van der Waals surface area contributed by atoms with Gasteiger partial charge >= 0.3 is 12.1 Å². The largest absolute Gasteiger partial charge is 0.449 e. The van der Waals surface area contributed by atoms with E-state index in [9.17, 15) is 36.3 Å². The van der Waals surface area contributed by atoms with Gasteiger partial charge in [-0.3, -0.25) is 4.79 Å². The summed E-state index contributed by atoms with van der Waals surface area (Å²) in [6.45, 7) is -0.187. The van der Waals surface area contributed by atoms with Gasteiger partial charge in [0.1, 0.15) is 18.2 Å². The maximum Gasteiger partial charge on any atom is 0.407 e. The zero-order valence-electron chi connectivity index (χ0n) is 30.0. The Bertz CT molecular complexity index is 2260. The second-order valence-electron chi connectivity index (χ2n) is 13.3. The van der Waals surface area contributed by atoms with E-state index in [1.165, 1.54) is 0 Å². The molecule has 0 unspecified atom stereocenters. The normalized spacial score (nSPS) is 12.6. The molecule has 6 aromatic rings. The minimum absolute atomic E-state index is 0.187. The maximum absolute atomic E-state index is 14.6. The van der Waals surface area contributed by atoms with Crippen LogP contribution >= 0.6 is 0 Å². The van der Waals surface area contributed by atoms with Gasteiger partial charge in [-0.25, -0.2) is 22.8 Å². The fourth-order valence-corrected chi connectivity index (χ4v) is 7.21. The molecular formula is C45H33F5N2O5. The predicted octanol–water partition coefficient (Wildman–Crippen LogP) is 9.08. The number of nitrogens with one attached hydrogen (secondary N) is 2. The second kappa shape index (κ2) is 16.5. The molecule has 0 aliphatic heterocycles. The number of benzene rings is 6. The summed E-state index contributed by atoms with van der Waals surface area (Å²) in [5.41, 5.74) is 4.50. The lowest BCUT2D eigenvalue weighted by Gasteiger charge is -2.37. The zero-order valence-corrected chi connectivity index (χ0v) is 30.0. The van der Waals surface area contributed by atoms with Gasteiger partial charge in [-0.2, -0.15) is 8.78 Å². The second-order valence-corrected chi connectivity index (χ2v) is 13.3. The molecule has 12 heteroatoms. The number of hydrogen-bond acceptors (Lipinski definition) is 5. The van der Waals surface area contributed by atoms with E-state index in [1.807, 2.05) is 140 Å². The van der Waals surface area contributed by atoms with Crippen LogP contribution in [0.3, 0.4) is 0 Å². The van der Waals surface area contributed by atoms with Gasteiger partial charge in [-0.15, -0.1) is 0 Å². The Hall–Kier alpha value is -6.82. The number of ether oxygens (including phenoxy) is 2. The van der Waals surface area contributed by atoms with Crippen molar-refractivity contribution >= 4 is 18.0 Å². The molecule has 57 heavy (non-hydrogen) atoms. The number of halogens is 5. The maximum atomic E-state index is 14.6. The molecule has 7 rings (SSSR count). The molecule has 288 valence electrons. The van der Waals surface area contributed by atoms with Crippen LogP contribution in [-0.2, 0) is 19.9 Å². The van der Waals surface area contributed by atoms with Crippen LogP contribution in [0.4, 0.5) is 26.7 Å². The molecule has 0 aromatic heterocycles. The van der Waals surface area contributed by atoms with Crippen LogP contribution in [-0.4, -0.2) is 30.6 Å². The highest BCUT2D eigenvalue weighted by molar-refractivity contribution is 5.85. The summed E-state index contributed by atoms with van der Waals surface area (Å²) in [6, 6.07) is 40.6. The number of amides is 2. The highest BCUT2D eigenvalue weighted by Gasteiger charge is 2.39. The molecule has 1 atom stereocenters. The third-order valence-electron chi connectivity index (χ3n) is 9.90. The van der Waals surface area contributed by atoms with Crippen molar-refractivity contribution in [1.29, 1.82) is 0 Å². The van der Waals surface area contributed by atoms with E-state index < -0.39 is 77.2 Å². The zero-order chi connectivity index (χ0) is 40.1. The molecule has 0 heterocycles. The topological polar surface area (TPSA) is 93.7 Å². The molecule has 0 saturated heterocycles. The summed E-state index contributed by atoms with van der Waals surface area (Å²) >= 11 is 0. The molecule has 0 radical (unpaired) electrons. The lowest BCUT2D eigenvalue weighted by Crippen LogP contribution is -2.49. The molecule has 2 amide bonds. The molecule has 1 aliphatic carbocycles. The third kappa shape index (κ3) is 7.58. The molecule has 0 fully saturated rings. The lowest BCUT2D eigenvalue weighted by atomic mass is 9.77. The van der Waals surface area contributed by atoms with Crippen LogP contribution < -0.4 is 15.4 Å². The minimum atomic E-state index is -2.45. The first-order chi connectivity index (χ1) is 27.6. The van der Waals surface area contributed by atoms with Gasteiger partial charge in [0.25, 0.3) is 0 Å². The summed E-state index contributed by atoms with van der Waals surface area (Å²) in [6.07, 6.45) is -2.20. The van der Waals surface area contributed by atoms with Crippen LogP contribution in [0.15, 0.2) is 140 Å². The SMILES string of the molecule is O=C(CC[C@H](NC(=O)OCC1c2ccccc2-c2ccccc21)C(=O)Oc1c(F)c(F)c(F)c(F)c1F)NC(c1ccccc1)(c1ccccc1)c1ccccc1. The van der Waals surface area contributed by atoms with Gasteiger partial charge in [0.15, 0.2) is 0 Å². The van der Waals surface area contributed by atoms with Crippen LogP contribution in [0, 0.1) is 29.1 Å². The number of esters is 1. The molecule has 6 aromatic carbocycles. The smallest absolute Gasteiger partial charge is 0.407 e. The Morgan fingerprint density at radius 3 is 1.47 bits per heavy atom. The first-order valence-corrected chi connectivity index (χ1v) is 17.9. The summed E-state index contributed by atoms with van der Waals surface area (Å²) in [5.74, 6) is -16.4. The average Bonchev–Trinajstić information content (AvgIpc) is 3.57. The highest BCUT2D eigenvalue weighted by Crippen LogP contribution is 2.44. The molecule has 1 aliphatic rings. The number of rotatable bonds is 12. The van der Waals surface area contributed by atoms with Crippen molar-refractivity contribution in [2.24, 2.45) is 0 Å². The number of hydrogen-bond donors (Lipinski definition) is 2. The Balaban J connectivity index is 1.15. The quantitative estimate of drug-likeness (QED) is 0.0323. The van der Waals surface area contributed by atoms with E-state index in [4.69, 9.17) is 9.47 Å².